The molecule has 1 aromatic heterocycles. The molecule has 2 aromatic rings. The van der Waals surface area contributed by atoms with Crippen molar-refractivity contribution in [3.05, 3.63) is 35.6 Å². The van der Waals surface area contributed by atoms with E-state index in [2.05, 4.69) is 19.2 Å². The first-order valence-electron chi connectivity index (χ1n) is 6.68. The van der Waals surface area contributed by atoms with Crippen LogP contribution in [0.4, 0.5) is 0 Å². The van der Waals surface area contributed by atoms with Gasteiger partial charge in [-0.1, -0.05) is 25.1 Å². The maximum absolute atomic E-state index is 11.3. The molecule has 0 aliphatic rings. The number of hydrogen-bond donors (Lipinski definition) is 2. The molecule has 0 aliphatic heterocycles. The van der Waals surface area contributed by atoms with Crippen LogP contribution in [0.5, 0.6) is 0 Å². The molecule has 1 heterocycles. The van der Waals surface area contributed by atoms with Crippen LogP contribution in [0.1, 0.15) is 30.0 Å². The Kier molecular flexibility index (Phi) is 5.09. The second-order valence-corrected chi connectivity index (χ2v) is 5.97. The van der Waals surface area contributed by atoms with Crippen molar-refractivity contribution in [2.24, 2.45) is 0 Å². The molecule has 5 heteroatoms. The van der Waals surface area contributed by atoms with Gasteiger partial charge in [0.05, 0.1) is 0 Å². The number of rotatable bonds is 7. The van der Waals surface area contributed by atoms with Gasteiger partial charge in [0.2, 0.25) is 5.76 Å². The first kappa shape index (κ1) is 14.9. The zero-order chi connectivity index (χ0) is 14.5. The smallest absolute Gasteiger partial charge is 0.372 e. The molecule has 2 rings (SSSR count). The van der Waals surface area contributed by atoms with Gasteiger partial charge in [0, 0.05) is 29.3 Å². The second kappa shape index (κ2) is 6.81. The van der Waals surface area contributed by atoms with Crippen LogP contribution in [0.3, 0.4) is 0 Å². The number of furan rings is 1. The summed E-state index contributed by atoms with van der Waals surface area (Å²) in [6.45, 7) is 4.74. The average molecular weight is 293 g/mol. The van der Waals surface area contributed by atoms with Crippen molar-refractivity contribution in [3.8, 4) is 0 Å². The predicted octanol–water partition coefficient (Wildman–Crippen LogP) is 3.36. The van der Waals surface area contributed by atoms with Gasteiger partial charge in [-0.3, -0.25) is 0 Å². The molecule has 0 saturated carbocycles. The molecule has 0 saturated heterocycles. The molecular weight excluding hydrogens is 274 g/mol. The first-order valence-corrected chi connectivity index (χ1v) is 7.83. The number of aromatic carboxylic acids is 1. The van der Waals surface area contributed by atoms with E-state index in [4.69, 9.17) is 4.42 Å². The highest BCUT2D eigenvalue weighted by Crippen LogP contribution is 2.26. The van der Waals surface area contributed by atoms with Crippen LogP contribution in [0.15, 0.2) is 28.7 Å². The van der Waals surface area contributed by atoms with E-state index in [1.165, 1.54) is 0 Å². The maximum atomic E-state index is 11.3. The van der Waals surface area contributed by atoms with Gasteiger partial charge in [0.25, 0.3) is 0 Å². The Hall–Kier alpha value is -1.46. The molecule has 1 unspecified atom stereocenters. The Morgan fingerprint density at radius 2 is 2.20 bits per heavy atom. The van der Waals surface area contributed by atoms with Gasteiger partial charge < -0.3 is 14.8 Å². The van der Waals surface area contributed by atoms with Crippen molar-refractivity contribution < 1.29 is 14.3 Å². The summed E-state index contributed by atoms with van der Waals surface area (Å²) < 4.78 is 5.43. The van der Waals surface area contributed by atoms with E-state index in [0.717, 1.165) is 22.5 Å². The van der Waals surface area contributed by atoms with E-state index in [1.54, 1.807) is 6.07 Å². The molecule has 1 atom stereocenters. The van der Waals surface area contributed by atoms with Gasteiger partial charge in [-0.2, -0.15) is 11.8 Å². The fourth-order valence-electron chi connectivity index (χ4n) is 2.08. The average Bonchev–Trinajstić information content (AvgIpc) is 2.82. The third-order valence-electron chi connectivity index (χ3n) is 3.09. The summed E-state index contributed by atoms with van der Waals surface area (Å²) in [5.74, 6) is 1.11. The Balaban J connectivity index is 2.19. The first-order chi connectivity index (χ1) is 9.63. The third-order valence-corrected chi connectivity index (χ3v) is 4.24. The lowest BCUT2D eigenvalue weighted by atomic mass is 10.1. The molecule has 20 heavy (non-hydrogen) atoms. The third kappa shape index (κ3) is 3.35. The number of nitrogens with one attached hydrogen (secondary N) is 1. The summed E-state index contributed by atoms with van der Waals surface area (Å²) in [5, 5.41) is 13.5. The van der Waals surface area contributed by atoms with Gasteiger partial charge in [-0.25, -0.2) is 4.79 Å². The Morgan fingerprint density at radius 1 is 1.45 bits per heavy atom. The van der Waals surface area contributed by atoms with E-state index in [9.17, 15) is 9.90 Å². The van der Waals surface area contributed by atoms with Crippen molar-refractivity contribution in [3.63, 3.8) is 0 Å². The number of para-hydroxylation sites is 1. The summed E-state index contributed by atoms with van der Waals surface area (Å²) in [6, 6.07) is 7.75. The van der Waals surface area contributed by atoms with Crippen LogP contribution in [-0.4, -0.2) is 28.6 Å². The summed E-state index contributed by atoms with van der Waals surface area (Å²) in [7, 11) is 0. The number of carboxylic acid groups (broad SMARTS) is 1. The zero-order valence-corrected chi connectivity index (χ0v) is 12.5. The lowest BCUT2D eigenvalue weighted by Crippen LogP contribution is -2.28. The summed E-state index contributed by atoms with van der Waals surface area (Å²) in [4.78, 5) is 11.3. The van der Waals surface area contributed by atoms with Crippen LogP contribution >= 0.6 is 11.8 Å². The quantitative estimate of drug-likeness (QED) is 0.819. The van der Waals surface area contributed by atoms with E-state index in [0.29, 0.717) is 18.2 Å². The molecule has 1 aromatic carbocycles. The lowest BCUT2D eigenvalue weighted by molar-refractivity contribution is 0.0663. The van der Waals surface area contributed by atoms with Crippen molar-refractivity contribution in [2.75, 3.05) is 11.5 Å². The fraction of sp³-hybridized carbons (Fsp3) is 0.400. The predicted molar refractivity (Wildman–Crippen MR) is 82.5 cm³/mol. The fourth-order valence-corrected chi connectivity index (χ4v) is 2.78. The molecule has 0 bridgehead atoms. The van der Waals surface area contributed by atoms with Gasteiger partial charge in [0.1, 0.15) is 5.58 Å². The number of hydrogen-bond acceptors (Lipinski definition) is 4. The minimum absolute atomic E-state index is 0.0362. The maximum Gasteiger partial charge on any atom is 0.372 e. The van der Waals surface area contributed by atoms with Crippen molar-refractivity contribution >= 4 is 28.7 Å². The summed E-state index contributed by atoms with van der Waals surface area (Å²) >= 11 is 1.87. The van der Waals surface area contributed by atoms with Crippen LogP contribution in [-0.2, 0) is 6.54 Å². The Morgan fingerprint density at radius 3 is 2.90 bits per heavy atom. The molecule has 4 nitrogen and oxygen atoms in total. The lowest BCUT2D eigenvalue weighted by Gasteiger charge is -2.12. The minimum atomic E-state index is -1.02. The SMILES string of the molecule is CCSCC(C)NCc1c(C(=O)O)oc2ccccc12. The van der Waals surface area contributed by atoms with Gasteiger partial charge >= 0.3 is 5.97 Å². The molecule has 2 N–H and O–H groups in total. The van der Waals surface area contributed by atoms with E-state index < -0.39 is 5.97 Å². The van der Waals surface area contributed by atoms with Gasteiger partial charge in [0.15, 0.2) is 0 Å². The molecule has 0 spiro atoms. The molecule has 0 aliphatic carbocycles. The highest BCUT2D eigenvalue weighted by Gasteiger charge is 2.19. The molecule has 0 fully saturated rings. The summed E-state index contributed by atoms with van der Waals surface area (Å²) in [5.41, 5.74) is 1.35. The van der Waals surface area contributed by atoms with Crippen LogP contribution in [0.25, 0.3) is 11.0 Å². The second-order valence-electron chi connectivity index (χ2n) is 4.65. The number of thioether (sulfide) groups is 1. The standard InChI is InChI=1S/C15H19NO3S/c1-3-20-9-10(2)16-8-12-11-6-4-5-7-13(11)19-14(12)15(17)18/h4-7,10,16H,3,8-9H2,1-2H3,(H,17,18). The molecule has 108 valence electrons. The topological polar surface area (TPSA) is 62.5 Å². The van der Waals surface area contributed by atoms with Crippen LogP contribution < -0.4 is 5.32 Å². The van der Waals surface area contributed by atoms with E-state index >= 15 is 0 Å². The highest BCUT2D eigenvalue weighted by molar-refractivity contribution is 7.99. The van der Waals surface area contributed by atoms with Gasteiger partial charge in [-0.05, 0) is 18.7 Å². The molecular formula is C15H19NO3S. The normalized spacial score (nSPS) is 12.7. The Bertz CT molecular complexity index is 594. The molecule has 0 amide bonds. The molecule has 0 radical (unpaired) electrons. The monoisotopic (exact) mass is 293 g/mol. The number of benzene rings is 1. The highest BCUT2D eigenvalue weighted by atomic mass is 32.2. The number of carboxylic acids is 1. The van der Waals surface area contributed by atoms with E-state index in [-0.39, 0.29) is 5.76 Å². The minimum Gasteiger partial charge on any atom is -0.475 e. The zero-order valence-electron chi connectivity index (χ0n) is 11.7. The van der Waals surface area contributed by atoms with Crippen LogP contribution in [0.2, 0.25) is 0 Å². The van der Waals surface area contributed by atoms with Crippen molar-refractivity contribution in [1.29, 1.82) is 0 Å². The van der Waals surface area contributed by atoms with Crippen LogP contribution in [0, 0.1) is 0 Å². The van der Waals surface area contributed by atoms with E-state index in [1.807, 2.05) is 30.0 Å². The summed E-state index contributed by atoms with van der Waals surface area (Å²) in [6.07, 6.45) is 0. The number of carbonyl (C=O) groups is 1. The largest absolute Gasteiger partial charge is 0.475 e. The van der Waals surface area contributed by atoms with Crippen molar-refractivity contribution in [1.82, 2.24) is 5.32 Å². The number of fused-ring (bicyclic) bond motifs is 1. The Labute approximate surface area is 122 Å². The van der Waals surface area contributed by atoms with Gasteiger partial charge in [-0.15, -0.1) is 0 Å². The van der Waals surface area contributed by atoms with Crippen molar-refractivity contribution in [2.45, 2.75) is 26.4 Å².